The summed E-state index contributed by atoms with van der Waals surface area (Å²) in [4.78, 5) is 11.4. The number of ether oxygens (including phenoxy) is 1. The number of carboxylic acids is 1. The molecule has 1 saturated heterocycles. The molecule has 4 bridgehead atoms. The van der Waals surface area contributed by atoms with E-state index in [9.17, 15) is 9.90 Å². The zero-order valence-electron chi connectivity index (χ0n) is 8.67. The van der Waals surface area contributed by atoms with Gasteiger partial charge < -0.3 is 9.84 Å². The van der Waals surface area contributed by atoms with Crippen LogP contribution in [0.2, 0.25) is 0 Å². The Morgan fingerprint density at radius 3 is 2.64 bits per heavy atom. The van der Waals surface area contributed by atoms with Crippen molar-refractivity contribution in [1.29, 1.82) is 0 Å². The first-order valence-electron chi connectivity index (χ1n) is 5.34. The van der Waals surface area contributed by atoms with Gasteiger partial charge in [0.05, 0.1) is 6.61 Å². The van der Waals surface area contributed by atoms with Crippen LogP contribution < -0.4 is 0 Å². The molecule has 0 amide bonds. The Labute approximate surface area is 83.4 Å². The van der Waals surface area contributed by atoms with E-state index < -0.39 is 11.6 Å². The summed E-state index contributed by atoms with van der Waals surface area (Å²) in [5, 5.41) is 9.37. The average Bonchev–Trinajstić information content (AvgIpc) is 2.58. The molecule has 1 N–H and O–H groups in total. The lowest BCUT2D eigenvalue weighted by atomic mass is 9.66. The molecule has 0 spiro atoms. The minimum absolute atomic E-state index is 0.116. The van der Waals surface area contributed by atoms with E-state index in [0.29, 0.717) is 12.5 Å². The Hall–Kier alpha value is -0.570. The van der Waals surface area contributed by atoms with E-state index in [1.165, 1.54) is 6.42 Å². The van der Waals surface area contributed by atoms with Crippen molar-refractivity contribution in [2.24, 2.45) is 16.7 Å². The summed E-state index contributed by atoms with van der Waals surface area (Å²) >= 11 is 0. The highest BCUT2D eigenvalue weighted by Crippen LogP contribution is 2.74. The zero-order valence-corrected chi connectivity index (χ0v) is 8.67. The third kappa shape index (κ3) is 0.553. The van der Waals surface area contributed by atoms with E-state index in [1.807, 2.05) is 0 Å². The molecule has 2 aliphatic carbocycles. The molecule has 14 heavy (non-hydrogen) atoms. The molecule has 0 aromatic rings. The summed E-state index contributed by atoms with van der Waals surface area (Å²) in [6, 6.07) is 0. The van der Waals surface area contributed by atoms with Gasteiger partial charge in [-0.15, -0.1) is 0 Å². The fourth-order valence-electron chi connectivity index (χ4n) is 4.23. The van der Waals surface area contributed by atoms with E-state index in [0.717, 1.165) is 12.8 Å². The van der Waals surface area contributed by atoms with Gasteiger partial charge in [0.2, 0.25) is 0 Å². The minimum atomic E-state index is -0.856. The van der Waals surface area contributed by atoms with Gasteiger partial charge in [-0.25, -0.2) is 4.79 Å². The topological polar surface area (TPSA) is 46.5 Å². The van der Waals surface area contributed by atoms with Gasteiger partial charge in [0.25, 0.3) is 0 Å². The largest absolute Gasteiger partial charge is 0.479 e. The second-order valence-electron chi connectivity index (χ2n) is 5.61. The molecule has 2 saturated carbocycles. The van der Waals surface area contributed by atoms with Crippen molar-refractivity contribution in [1.82, 2.24) is 0 Å². The van der Waals surface area contributed by atoms with Crippen molar-refractivity contribution < 1.29 is 14.6 Å². The van der Waals surface area contributed by atoms with Crippen molar-refractivity contribution in [3.63, 3.8) is 0 Å². The highest BCUT2D eigenvalue weighted by atomic mass is 16.5. The molecule has 0 aromatic heterocycles. The third-order valence-electron chi connectivity index (χ3n) is 5.54. The first-order valence-corrected chi connectivity index (χ1v) is 5.34. The van der Waals surface area contributed by atoms with Crippen LogP contribution >= 0.6 is 0 Å². The van der Waals surface area contributed by atoms with Crippen molar-refractivity contribution >= 4 is 5.97 Å². The maximum absolute atomic E-state index is 11.4. The van der Waals surface area contributed by atoms with Crippen LogP contribution in [-0.4, -0.2) is 23.3 Å². The Bertz CT molecular complexity index is 326. The Balaban J connectivity index is 2.18. The highest BCUT2D eigenvalue weighted by Gasteiger charge is 2.78. The molecule has 78 valence electrons. The van der Waals surface area contributed by atoms with Gasteiger partial charge in [-0.2, -0.15) is 0 Å². The summed E-state index contributed by atoms with van der Waals surface area (Å²) < 4.78 is 5.64. The van der Waals surface area contributed by atoms with Crippen LogP contribution in [0.15, 0.2) is 0 Å². The van der Waals surface area contributed by atoms with Gasteiger partial charge in [0.15, 0.2) is 5.60 Å². The SMILES string of the molecule is C[C@@]12CC[C@@H]3C[C@]1(C(=O)O)OC[C@@]32C. The lowest BCUT2D eigenvalue weighted by Gasteiger charge is -2.37. The fraction of sp³-hybridized carbons (Fsp3) is 0.909. The smallest absolute Gasteiger partial charge is 0.336 e. The number of hydrogen-bond acceptors (Lipinski definition) is 2. The fourth-order valence-corrected chi connectivity index (χ4v) is 4.23. The Morgan fingerprint density at radius 2 is 2.21 bits per heavy atom. The predicted molar refractivity (Wildman–Crippen MR) is 49.9 cm³/mol. The predicted octanol–water partition coefficient (Wildman–Crippen LogP) is 1.67. The van der Waals surface area contributed by atoms with Crippen molar-refractivity contribution in [3.8, 4) is 0 Å². The monoisotopic (exact) mass is 196 g/mol. The molecule has 3 fully saturated rings. The van der Waals surface area contributed by atoms with Crippen molar-refractivity contribution in [2.75, 3.05) is 6.61 Å². The second-order valence-corrected chi connectivity index (χ2v) is 5.61. The molecule has 0 radical (unpaired) electrons. The lowest BCUT2D eigenvalue weighted by molar-refractivity contribution is -0.174. The van der Waals surface area contributed by atoms with Crippen molar-refractivity contribution in [2.45, 2.75) is 38.7 Å². The number of hydrogen-bond donors (Lipinski definition) is 1. The van der Waals surface area contributed by atoms with Crippen LogP contribution in [0.1, 0.15) is 33.1 Å². The van der Waals surface area contributed by atoms with E-state index in [4.69, 9.17) is 4.74 Å². The highest BCUT2D eigenvalue weighted by molar-refractivity contribution is 5.81. The average molecular weight is 196 g/mol. The number of aliphatic carboxylic acids is 1. The molecule has 4 atom stereocenters. The van der Waals surface area contributed by atoms with Crippen LogP contribution in [0.25, 0.3) is 0 Å². The summed E-state index contributed by atoms with van der Waals surface area (Å²) in [5.41, 5.74) is -0.868. The lowest BCUT2D eigenvalue weighted by Crippen LogP contribution is -2.49. The second kappa shape index (κ2) is 2.01. The van der Waals surface area contributed by atoms with Gasteiger partial charge in [-0.05, 0) is 25.2 Å². The number of carbonyl (C=O) groups is 1. The van der Waals surface area contributed by atoms with E-state index in [1.54, 1.807) is 0 Å². The van der Waals surface area contributed by atoms with Crippen LogP contribution in [0, 0.1) is 16.7 Å². The summed E-state index contributed by atoms with van der Waals surface area (Å²) in [7, 11) is 0. The van der Waals surface area contributed by atoms with Gasteiger partial charge >= 0.3 is 5.97 Å². The molecule has 0 aromatic carbocycles. The summed E-state index contributed by atoms with van der Waals surface area (Å²) in [6.07, 6.45) is 2.93. The van der Waals surface area contributed by atoms with Crippen LogP contribution in [-0.2, 0) is 9.53 Å². The molecule has 1 heterocycles. The maximum atomic E-state index is 11.4. The van der Waals surface area contributed by atoms with Crippen LogP contribution in [0.3, 0.4) is 0 Å². The molecule has 3 aliphatic rings. The first-order chi connectivity index (χ1) is 6.46. The van der Waals surface area contributed by atoms with Gasteiger partial charge in [0, 0.05) is 10.8 Å². The van der Waals surface area contributed by atoms with E-state index in [-0.39, 0.29) is 10.8 Å². The van der Waals surface area contributed by atoms with Crippen LogP contribution in [0.5, 0.6) is 0 Å². The zero-order chi connectivity index (χ0) is 10.2. The summed E-state index contributed by atoms with van der Waals surface area (Å²) in [5.74, 6) is -0.178. The normalized spacial score (nSPS) is 59.4. The molecule has 3 heteroatoms. The van der Waals surface area contributed by atoms with Crippen molar-refractivity contribution in [3.05, 3.63) is 0 Å². The van der Waals surface area contributed by atoms with Gasteiger partial charge in [-0.1, -0.05) is 13.8 Å². The minimum Gasteiger partial charge on any atom is -0.479 e. The molecular formula is C11H16O3. The molecular weight excluding hydrogens is 180 g/mol. The van der Waals surface area contributed by atoms with E-state index in [2.05, 4.69) is 13.8 Å². The first kappa shape index (κ1) is 8.72. The van der Waals surface area contributed by atoms with Gasteiger partial charge in [-0.3, -0.25) is 0 Å². The quantitative estimate of drug-likeness (QED) is 0.693. The van der Waals surface area contributed by atoms with Crippen LogP contribution in [0.4, 0.5) is 0 Å². The molecule has 3 rings (SSSR count). The third-order valence-corrected chi connectivity index (χ3v) is 5.54. The maximum Gasteiger partial charge on any atom is 0.336 e. The Morgan fingerprint density at radius 1 is 1.50 bits per heavy atom. The van der Waals surface area contributed by atoms with Gasteiger partial charge in [0.1, 0.15) is 0 Å². The standard InChI is InChI=1S/C11H16O3/c1-9-6-14-11(8(12)13)5-7(9)3-4-10(9,11)2/h7H,3-6H2,1-2H3,(H,12,13)/t7-,9+,10+,11-/m1/s1. The van der Waals surface area contributed by atoms with E-state index >= 15 is 0 Å². The molecule has 0 unspecified atom stereocenters. The molecule has 3 nitrogen and oxygen atoms in total. The number of carboxylic acid groups (broad SMARTS) is 1. The summed E-state index contributed by atoms with van der Waals surface area (Å²) in [6.45, 7) is 4.96. The number of rotatable bonds is 1. The Kier molecular flexibility index (Phi) is 1.25. The molecule has 1 aliphatic heterocycles.